The van der Waals surface area contributed by atoms with Gasteiger partial charge in [0.1, 0.15) is 12.6 Å². The van der Waals surface area contributed by atoms with E-state index in [9.17, 15) is 24.6 Å². The summed E-state index contributed by atoms with van der Waals surface area (Å²) in [5, 5.41) is 22.1. The van der Waals surface area contributed by atoms with Crippen LogP contribution in [-0.2, 0) is 14.3 Å². The number of ether oxygens (including phenoxy) is 1. The summed E-state index contributed by atoms with van der Waals surface area (Å²) in [7, 11) is 0. The zero-order chi connectivity index (χ0) is 23.6. The second-order valence-corrected chi connectivity index (χ2v) is 8.63. The number of carboxylic acid groups (broad SMARTS) is 1. The van der Waals surface area contributed by atoms with Crippen molar-refractivity contribution in [1.82, 2.24) is 10.2 Å². The summed E-state index contributed by atoms with van der Waals surface area (Å²) in [6, 6.07) is 15.2. The van der Waals surface area contributed by atoms with Crippen molar-refractivity contribution in [3.8, 4) is 11.1 Å². The largest absolute Gasteiger partial charge is 0.479 e. The number of aliphatic hydroxyl groups is 1. The topological polar surface area (TPSA) is 116 Å². The van der Waals surface area contributed by atoms with Crippen molar-refractivity contribution >= 4 is 18.0 Å². The number of carboxylic acids is 1. The number of alkyl carbamates (subject to hydrolysis) is 1. The van der Waals surface area contributed by atoms with Crippen LogP contribution >= 0.6 is 0 Å². The highest BCUT2D eigenvalue weighted by molar-refractivity contribution is 5.87. The van der Waals surface area contributed by atoms with Gasteiger partial charge in [-0.3, -0.25) is 4.79 Å². The molecule has 1 heterocycles. The molecule has 1 fully saturated rings. The molecule has 2 aromatic rings. The lowest BCUT2D eigenvalue weighted by Crippen LogP contribution is -2.58. The van der Waals surface area contributed by atoms with Gasteiger partial charge in [-0.2, -0.15) is 0 Å². The molecule has 0 spiro atoms. The number of likely N-dealkylation sites (tertiary alicyclic amines) is 1. The lowest BCUT2D eigenvalue weighted by atomic mass is 9.92. The molecule has 0 radical (unpaired) electrons. The van der Waals surface area contributed by atoms with Crippen molar-refractivity contribution in [3.05, 3.63) is 59.7 Å². The van der Waals surface area contributed by atoms with Crippen molar-refractivity contribution in [2.24, 2.45) is 0 Å². The van der Waals surface area contributed by atoms with Crippen LogP contribution in [0.25, 0.3) is 11.1 Å². The third-order valence-corrected chi connectivity index (χ3v) is 6.52. The average molecular weight is 453 g/mol. The van der Waals surface area contributed by atoms with Gasteiger partial charge in [-0.05, 0) is 41.5 Å². The third kappa shape index (κ3) is 4.43. The SMILES string of the molecule is CC[C@@H](NC(=O)OCC1c2ccccc2-c2ccccc21)C(=O)N1CCCC(O)(C(=O)O)C1. The van der Waals surface area contributed by atoms with Gasteiger partial charge in [0.05, 0.1) is 6.54 Å². The first-order valence-electron chi connectivity index (χ1n) is 11.2. The summed E-state index contributed by atoms with van der Waals surface area (Å²) in [6.07, 6.45) is 0.0616. The second-order valence-electron chi connectivity index (χ2n) is 8.63. The minimum atomic E-state index is -1.96. The zero-order valence-electron chi connectivity index (χ0n) is 18.5. The minimum Gasteiger partial charge on any atom is -0.479 e. The number of piperidine rings is 1. The van der Waals surface area contributed by atoms with Crippen LogP contribution in [0.4, 0.5) is 4.79 Å². The van der Waals surface area contributed by atoms with Crippen LogP contribution in [-0.4, -0.2) is 64.4 Å². The molecule has 2 aliphatic rings. The van der Waals surface area contributed by atoms with Crippen molar-refractivity contribution in [2.75, 3.05) is 19.7 Å². The summed E-state index contributed by atoms with van der Waals surface area (Å²) in [4.78, 5) is 38.2. The molecule has 1 aliphatic heterocycles. The summed E-state index contributed by atoms with van der Waals surface area (Å²) >= 11 is 0. The summed E-state index contributed by atoms with van der Waals surface area (Å²) in [6.45, 7) is 1.91. The highest BCUT2D eigenvalue weighted by Gasteiger charge is 2.43. The van der Waals surface area contributed by atoms with Crippen LogP contribution in [0.1, 0.15) is 43.2 Å². The van der Waals surface area contributed by atoms with E-state index in [-0.39, 0.29) is 25.5 Å². The van der Waals surface area contributed by atoms with E-state index in [1.54, 1.807) is 6.92 Å². The quantitative estimate of drug-likeness (QED) is 0.621. The average Bonchev–Trinajstić information content (AvgIpc) is 3.14. The number of carbonyl (C=O) groups is 3. The van der Waals surface area contributed by atoms with Gasteiger partial charge in [0, 0.05) is 12.5 Å². The Morgan fingerprint density at radius 2 is 1.73 bits per heavy atom. The molecule has 0 aromatic heterocycles. The highest BCUT2D eigenvalue weighted by Crippen LogP contribution is 2.44. The minimum absolute atomic E-state index is 0.0860. The predicted molar refractivity (Wildman–Crippen MR) is 121 cm³/mol. The van der Waals surface area contributed by atoms with E-state index >= 15 is 0 Å². The van der Waals surface area contributed by atoms with Gasteiger partial charge < -0.3 is 25.2 Å². The fourth-order valence-electron chi connectivity index (χ4n) is 4.74. The molecule has 174 valence electrons. The Hall–Kier alpha value is -3.39. The lowest BCUT2D eigenvalue weighted by Gasteiger charge is -2.37. The Balaban J connectivity index is 1.39. The molecule has 8 heteroatoms. The smallest absolute Gasteiger partial charge is 0.407 e. The van der Waals surface area contributed by atoms with Crippen LogP contribution in [0.5, 0.6) is 0 Å². The molecule has 1 aliphatic carbocycles. The van der Waals surface area contributed by atoms with Gasteiger partial charge in [-0.25, -0.2) is 9.59 Å². The van der Waals surface area contributed by atoms with E-state index in [2.05, 4.69) is 17.4 Å². The molecule has 33 heavy (non-hydrogen) atoms. The first-order chi connectivity index (χ1) is 15.8. The van der Waals surface area contributed by atoms with Crippen LogP contribution < -0.4 is 5.32 Å². The van der Waals surface area contributed by atoms with Crippen LogP contribution in [0, 0.1) is 0 Å². The molecule has 3 N–H and O–H groups in total. The van der Waals surface area contributed by atoms with Gasteiger partial charge in [-0.15, -0.1) is 0 Å². The number of nitrogens with one attached hydrogen (secondary N) is 1. The molecule has 0 saturated carbocycles. The van der Waals surface area contributed by atoms with Crippen molar-refractivity contribution in [3.63, 3.8) is 0 Å². The predicted octanol–water partition coefficient (Wildman–Crippen LogP) is 2.74. The molecular weight excluding hydrogens is 424 g/mol. The van der Waals surface area contributed by atoms with Crippen LogP contribution in [0.2, 0.25) is 0 Å². The van der Waals surface area contributed by atoms with Crippen molar-refractivity contribution in [2.45, 2.75) is 43.7 Å². The van der Waals surface area contributed by atoms with Crippen LogP contribution in [0.3, 0.4) is 0 Å². The van der Waals surface area contributed by atoms with E-state index in [0.717, 1.165) is 22.3 Å². The number of fused-ring (bicyclic) bond motifs is 3. The maximum atomic E-state index is 12.9. The fraction of sp³-hybridized carbons (Fsp3) is 0.400. The molecule has 0 bridgehead atoms. The maximum Gasteiger partial charge on any atom is 0.407 e. The maximum absolute atomic E-state index is 12.9. The Labute approximate surface area is 192 Å². The van der Waals surface area contributed by atoms with E-state index in [1.165, 1.54) is 4.90 Å². The van der Waals surface area contributed by atoms with Gasteiger partial charge >= 0.3 is 12.1 Å². The van der Waals surface area contributed by atoms with Crippen molar-refractivity contribution in [1.29, 1.82) is 0 Å². The molecule has 8 nitrogen and oxygen atoms in total. The number of amides is 2. The van der Waals surface area contributed by atoms with Gasteiger partial charge in [0.15, 0.2) is 5.60 Å². The van der Waals surface area contributed by atoms with Gasteiger partial charge in [0.2, 0.25) is 5.91 Å². The van der Waals surface area contributed by atoms with E-state index in [0.29, 0.717) is 19.4 Å². The molecule has 2 aromatic carbocycles. The van der Waals surface area contributed by atoms with Gasteiger partial charge in [0.25, 0.3) is 0 Å². The highest BCUT2D eigenvalue weighted by atomic mass is 16.5. The number of hydrogen-bond donors (Lipinski definition) is 3. The summed E-state index contributed by atoms with van der Waals surface area (Å²) in [5.41, 5.74) is 2.47. The zero-order valence-corrected chi connectivity index (χ0v) is 18.5. The molecular formula is C25H28N2O6. The normalized spacial score (nSPS) is 20.5. The van der Waals surface area contributed by atoms with E-state index in [4.69, 9.17) is 4.74 Å². The van der Waals surface area contributed by atoms with Crippen LogP contribution in [0.15, 0.2) is 48.5 Å². The number of hydrogen-bond acceptors (Lipinski definition) is 5. The third-order valence-electron chi connectivity index (χ3n) is 6.52. The van der Waals surface area contributed by atoms with E-state index < -0.39 is 29.6 Å². The van der Waals surface area contributed by atoms with E-state index in [1.807, 2.05) is 36.4 Å². The lowest BCUT2D eigenvalue weighted by molar-refractivity contribution is -0.167. The van der Waals surface area contributed by atoms with Gasteiger partial charge in [-0.1, -0.05) is 55.5 Å². The number of aliphatic carboxylic acids is 1. The standard InChI is InChI=1S/C25H28N2O6/c1-2-21(22(28)27-13-7-12-25(32,15-27)23(29)30)26-24(31)33-14-20-18-10-5-3-8-16(18)17-9-4-6-11-19(17)20/h3-6,8-11,20-21,32H,2,7,12-15H2,1H3,(H,26,31)(H,29,30)/t21-,25?/m1/s1. The number of carbonyl (C=O) groups excluding carboxylic acids is 2. The second kappa shape index (κ2) is 9.23. The fourth-order valence-corrected chi connectivity index (χ4v) is 4.74. The number of benzene rings is 2. The van der Waals surface area contributed by atoms with Crippen molar-refractivity contribution < 1.29 is 29.3 Å². The molecule has 1 unspecified atom stereocenters. The molecule has 2 atom stereocenters. The number of β-amino-alcohol motifs (C(OH)–C–C–N with tert-alkyl or cyclic N) is 1. The summed E-state index contributed by atoms with van der Waals surface area (Å²) < 4.78 is 5.52. The monoisotopic (exact) mass is 452 g/mol. The number of nitrogens with zero attached hydrogens (tertiary/aromatic N) is 1. The molecule has 2 amide bonds. The summed E-state index contributed by atoms with van der Waals surface area (Å²) in [5.74, 6) is -1.87. The first kappa shape index (κ1) is 22.8. The first-order valence-corrected chi connectivity index (χ1v) is 11.2. The Morgan fingerprint density at radius 1 is 1.12 bits per heavy atom. The Bertz CT molecular complexity index is 1020. The molecule has 4 rings (SSSR count). The Morgan fingerprint density at radius 3 is 2.30 bits per heavy atom. The number of rotatable bonds is 6. The molecule has 1 saturated heterocycles. The Kier molecular flexibility index (Phi) is 6.37.